The highest BCUT2D eigenvalue weighted by Gasteiger charge is 2.42. The Kier molecular flexibility index (Phi) is 18.1. The summed E-state index contributed by atoms with van der Waals surface area (Å²) >= 11 is 1.84. The fourth-order valence-electron chi connectivity index (χ4n) is 9.70. The van der Waals surface area contributed by atoms with E-state index in [0.29, 0.717) is 26.1 Å². The molecule has 0 atom stereocenters. The van der Waals surface area contributed by atoms with Crippen molar-refractivity contribution < 1.29 is 28.5 Å². The van der Waals surface area contributed by atoms with Gasteiger partial charge in [-0.05, 0) is 198 Å². The highest BCUT2D eigenvalue weighted by Crippen LogP contribution is 2.55. The van der Waals surface area contributed by atoms with E-state index in [1.807, 2.05) is 23.5 Å². The Balaban J connectivity index is 0.942. The number of hydrogen-bond acceptors (Lipinski definition) is 7. The van der Waals surface area contributed by atoms with Gasteiger partial charge in [0.2, 0.25) is 0 Å². The molecule has 69 heavy (non-hydrogen) atoms. The summed E-state index contributed by atoms with van der Waals surface area (Å²) in [6, 6.07) is 35.8. The van der Waals surface area contributed by atoms with Gasteiger partial charge in [-0.15, -0.1) is 11.3 Å². The molecule has 5 aromatic rings. The molecule has 2 aliphatic carbocycles. The van der Waals surface area contributed by atoms with Crippen LogP contribution in [0.1, 0.15) is 120 Å². The van der Waals surface area contributed by atoms with Crippen LogP contribution >= 0.6 is 11.3 Å². The highest BCUT2D eigenvalue weighted by atomic mass is 32.1. The molecule has 0 amide bonds. The predicted octanol–water partition coefficient (Wildman–Crippen LogP) is 16.3. The van der Waals surface area contributed by atoms with Crippen LogP contribution in [0.15, 0.2) is 160 Å². The summed E-state index contributed by atoms with van der Waals surface area (Å²) in [6.45, 7) is 20.5. The minimum absolute atomic E-state index is 0.0417. The van der Waals surface area contributed by atoms with Gasteiger partial charge in [0, 0.05) is 28.0 Å². The zero-order valence-corrected chi connectivity index (χ0v) is 41.5. The molecule has 358 valence electrons. The molecule has 0 unspecified atom stereocenters. The summed E-state index contributed by atoms with van der Waals surface area (Å²) < 4.78 is 22.7. The molecule has 6 nitrogen and oxygen atoms in total. The maximum atomic E-state index is 12.0. The molecule has 0 radical (unpaired) electrons. The monoisotopic (exact) mass is 940 g/mol. The summed E-state index contributed by atoms with van der Waals surface area (Å²) in [5.41, 5.74) is 13.3. The summed E-state index contributed by atoms with van der Waals surface area (Å²) in [5, 5.41) is 0. The van der Waals surface area contributed by atoms with Crippen LogP contribution < -0.4 is 9.47 Å². The summed E-state index contributed by atoms with van der Waals surface area (Å²) in [4.78, 5) is 26.5. The second-order valence-electron chi connectivity index (χ2n) is 18.0. The van der Waals surface area contributed by atoms with Crippen LogP contribution in [0.25, 0.3) is 43.2 Å². The number of unbranched alkanes of at least 4 members (excludes halogenated alkanes) is 4. The lowest BCUT2D eigenvalue weighted by Gasteiger charge is -2.32. The first-order valence-electron chi connectivity index (χ1n) is 24.9. The first-order chi connectivity index (χ1) is 33.7. The van der Waals surface area contributed by atoms with Gasteiger partial charge < -0.3 is 18.9 Å². The fourth-order valence-corrected chi connectivity index (χ4v) is 10.7. The van der Waals surface area contributed by atoms with Crippen molar-refractivity contribution >= 4 is 34.4 Å². The Labute approximate surface area is 414 Å². The predicted molar refractivity (Wildman–Crippen MR) is 287 cm³/mol. The Morgan fingerprint density at radius 3 is 1.48 bits per heavy atom. The Bertz CT molecular complexity index is 2620. The number of benzene rings is 4. The van der Waals surface area contributed by atoms with Crippen molar-refractivity contribution in [2.24, 2.45) is 0 Å². The lowest BCUT2D eigenvalue weighted by molar-refractivity contribution is -0.146. The number of esters is 2. The lowest BCUT2D eigenvalue weighted by atomic mass is 9.71. The minimum atomic E-state index is -0.432. The average Bonchev–Trinajstić information content (AvgIpc) is 4.14. The van der Waals surface area contributed by atoms with Gasteiger partial charge in [-0.1, -0.05) is 102 Å². The lowest BCUT2D eigenvalue weighted by Crippen LogP contribution is -2.25. The third kappa shape index (κ3) is 12.6. The molecule has 7 heteroatoms. The van der Waals surface area contributed by atoms with Crippen LogP contribution in [0.4, 0.5) is 0 Å². The molecule has 0 bridgehead atoms. The maximum Gasteiger partial charge on any atom is 0.306 e. The molecule has 4 aromatic carbocycles. The van der Waals surface area contributed by atoms with E-state index in [2.05, 4.69) is 137 Å². The normalized spacial score (nSPS) is 13.3. The molecule has 0 saturated heterocycles. The molecule has 0 aliphatic heterocycles. The second kappa shape index (κ2) is 24.7. The van der Waals surface area contributed by atoms with Crippen LogP contribution in [0.2, 0.25) is 0 Å². The van der Waals surface area contributed by atoms with Crippen LogP contribution in [-0.2, 0) is 24.5 Å². The number of allylic oxidation sites excluding steroid dienone is 4. The van der Waals surface area contributed by atoms with Crippen LogP contribution in [0.3, 0.4) is 0 Å². The van der Waals surface area contributed by atoms with E-state index in [0.717, 1.165) is 82.1 Å². The van der Waals surface area contributed by atoms with Crippen molar-refractivity contribution in [3.63, 3.8) is 0 Å². The van der Waals surface area contributed by atoms with Crippen LogP contribution in [0, 0.1) is 0 Å². The van der Waals surface area contributed by atoms with Gasteiger partial charge >= 0.3 is 11.9 Å². The van der Waals surface area contributed by atoms with Crippen molar-refractivity contribution in [2.45, 2.75) is 115 Å². The first-order valence-corrected chi connectivity index (χ1v) is 25.7. The number of carbonyl (C=O) groups excluding carboxylic acids is 2. The van der Waals surface area contributed by atoms with Gasteiger partial charge in [0.1, 0.15) is 23.7 Å². The van der Waals surface area contributed by atoms with E-state index in [1.165, 1.54) is 65.4 Å². The van der Waals surface area contributed by atoms with Crippen molar-refractivity contribution in [3.8, 4) is 43.5 Å². The molecule has 0 N–H and O–H groups in total. The average molecular weight is 941 g/mol. The first kappa shape index (κ1) is 50.4. The Morgan fingerprint density at radius 1 is 0.551 bits per heavy atom. The number of fused-ring (bicyclic) bond motifs is 3. The van der Waals surface area contributed by atoms with Crippen molar-refractivity contribution in [1.29, 1.82) is 0 Å². The molecule has 7 rings (SSSR count). The van der Waals surface area contributed by atoms with E-state index < -0.39 is 12.2 Å². The quantitative estimate of drug-likeness (QED) is 0.0283. The molecule has 0 fully saturated rings. The third-order valence-corrected chi connectivity index (χ3v) is 14.4. The number of ether oxygens (including phenoxy) is 4. The molecule has 1 heterocycles. The van der Waals surface area contributed by atoms with E-state index in [-0.39, 0.29) is 17.4 Å². The van der Waals surface area contributed by atoms with E-state index in [4.69, 9.17) is 18.9 Å². The van der Waals surface area contributed by atoms with Gasteiger partial charge in [0.15, 0.2) is 0 Å². The Hall–Kier alpha value is -6.44. The summed E-state index contributed by atoms with van der Waals surface area (Å²) in [5.74, 6) is 1.25. The molecule has 0 saturated carbocycles. The molecule has 1 aromatic heterocycles. The molecule has 0 spiro atoms. The topological polar surface area (TPSA) is 71.1 Å². The highest BCUT2D eigenvalue weighted by molar-refractivity contribution is 7.18. The zero-order chi connectivity index (χ0) is 48.6. The van der Waals surface area contributed by atoms with E-state index in [1.54, 1.807) is 24.3 Å². The maximum absolute atomic E-state index is 12.0. The SMILES string of the molecule is C=CC(C=C)OC(=O)CCCCCOc1ccc(C2=CC=C(c3ccc4c(c3)C(CCC)(CCC)c3cc(-c5ccc(-c6ccc(OCCCCCC(=O)OC(C=C)C=C)cc6)s5)ccc3-4)C2)cc1. The molecular weight excluding hydrogens is 873 g/mol. The van der Waals surface area contributed by atoms with Crippen molar-refractivity contribution in [1.82, 2.24) is 0 Å². The van der Waals surface area contributed by atoms with Gasteiger partial charge in [0.05, 0.1) is 13.2 Å². The number of thiophene rings is 1. The van der Waals surface area contributed by atoms with Gasteiger partial charge in [-0.3, -0.25) is 9.59 Å². The summed E-state index contributed by atoms with van der Waals surface area (Å²) in [7, 11) is 0. The van der Waals surface area contributed by atoms with Gasteiger partial charge in [0.25, 0.3) is 0 Å². The van der Waals surface area contributed by atoms with E-state index >= 15 is 0 Å². The largest absolute Gasteiger partial charge is 0.494 e. The van der Waals surface area contributed by atoms with Crippen LogP contribution in [0.5, 0.6) is 11.5 Å². The molecule has 2 aliphatic rings. The van der Waals surface area contributed by atoms with Gasteiger partial charge in [-0.25, -0.2) is 0 Å². The third-order valence-electron chi connectivity index (χ3n) is 13.3. The molecular formula is C62H68O6S. The Morgan fingerprint density at radius 2 is 0.986 bits per heavy atom. The summed E-state index contributed by atoms with van der Waals surface area (Å²) in [6.07, 6.45) is 21.1. The smallest absolute Gasteiger partial charge is 0.306 e. The van der Waals surface area contributed by atoms with Crippen molar-refractivity contribution in [3.05, 3.63) is 182 Å². The number of rotatable bonds is 28. The standard InChI is InChI=1S/C62H68O6S/c1-7-37-62(38-8-2)56-42-48(47-22-21-46(41-47)44-23-29-52(30-24-44)65-39-17-13-15-19-60(63)67-50(9-3)10-4)27-33-54(56)55-34-28-49(43-57(55)62)59-36-35-58(69-59)45-25-31-53(32-26-45)66-40-18-14-16-20-61(64)68-51(11-5)12-6/h9-12,21-36,42-43,50-51H,3-8,13-20,37-41H2,1-2H3. The number of hydrogen-bond donors (Lipinski definition) is 0. The second-order valence-corrected chi connectivity index (χ2v) is 19.1. The number of carbonyl (C=O) groups is 2. The minimum Gasteiger partial charge on any atom is -0.494 e. The fraction of sp³-hybridized carbons (Fsp3) is 0.323. The zero-order valence-electron chi connectivity index (χ0n) is 40.6. The van der Waals surface area contributed by atoms with Crippen molar-refractivity contribution in [2.75, 3.05) is 13.2 Å². The van der Waals surface area contributed by atoms with Gasteiger partial charge in [-0.2, -0.15) is 0 Å². The van der Waals surface area contributed by atoms with Crippen LogP contribution in [-0.4, -0.2) is 37.4 Å². The van der Waals surface area contributed by atoms with E-state index in [9.17, 15) is 9.59 Å².